The minimum absolute atomic E-state index is 0.113. The number of piperazine rings is 1. The van der Waals surface area contributed by atoms with Crippen LogP contribution in [0.4, 0.5) is 0 Å². The summed E-state index contributed by atoms with van der Waals surface area (Å²) in [5.74, 6) is 0.130. The molecule has 2 aromatic carbocycles. The van der Waals surface area contributed by atoms with Gasteiger partial charge in [0.2, 0.25) is 0 Å². The molecule has 6 rings (SSSR count). The van der Waals surface area contributed by atoms with Gasteiger partial charge in [0.25, 0.3) is 5.91 Å². The van der Waals surface area contributed by atoms with Crippen LogP contribution < -0.4 is 0 Å². The normalized spacial score (nSPS) is 25.6. The van der Waals surface area contributed by atoms with E-state index in [4.69, 9.17) is 4.74 Å². The quantitative estimate of drug-likeness (QED) is 0.455. The molecular formula is C33H42N4O2. The Morgan fingerprint density at radius 2 is 1.90 bits per heavy atom. The maximum Gasteiger partial charge on any atom is 0.254 e. The Kier molecular flexibility index (Phi) is 7.21. The van der Waals surface area contributed by atoms with Crippen LogP contribution in [0.2, 0.25) is 0 Å². The Hall–Kier alpha value is -2.80. The Morgan fingerprint density at radius 1 is 1.08 bits per heavy atom. The van der Waals surface area contributed by atoms with Crippen molar-refractivity contribution in [3.05, 3.63) is 77.0 Å². The second-order valence-electron chi connectivity index (χ2n) is 12.0. The Morgan fingerprint density at radius 3 is 2.67 bits per heavy atom. The third-order valence-electron chi connectivity index (χ3n) is 9.57. The van der Waals surface area contributed by atoms with E-state index in [1.54, 1.807) is 6.20 Å². The van der Waals surface area contributed by atoms with Gasteiger partial charge in [0.1, 0.15) is 0 Å². The van der Waals surface area contributed by atoms with Crippen molar-refractivity contribution >= 4 is 16.8 Å². The fourth-order valence-corrected chi connectivity index (χ4v) is 7.33. The zero-order valence-corrected chi connectivity index (χ0v) is 23.9. The van der Waals surface area contributed by atoms with Crippen molar-refractivity contribution in [1.82, 2.24) is 19.7 Å². The van der Waals surface area contributed by atoms with Crippen molar-refractivity contribution in [2.24, 2.45) is 0 Å². The third kappa shape index (κ3) is 4.88. The van der Waals surface area contributed by atoms with Crippen molar-refractivity contribution in [2.45, 2.75) is 70.7 Å². The average Bonchev–Trinajstić information content (AvgIpc) is 3.29. The summed E-state index contributed by atoms with van der Waals surface area (Å²) < 4.78 is 6.30. The van der Waals surface area contributed by atoms with Gasteiger partial charge in [0, 0.05) is 74.5 Å². The number of aryl methyl sites for hydroxylation is 1. The number of ether oxygens (including phenoxy) is 1. The first-order chi connectivity index (χ1) is 18.9. The van der Waals surface area contributed by atoms with Crippen LogP contribution in [0.25, 0.3) is 10.9 Å². The summed E-state index contributed by atoms with van der Waals surface area (Å²) in [4.78, 5) is 25.4. The molecule has 1 amide bonds. The van der Waals surface area contributed by atoms with Gasteiger partial charge in [-0.3, -0.25) is 19.6 Å². The van der Waals surface area contributed by atoms with Crippen LogP contribution in [-0.2, 0) is 11.2 Å². The van der Waals surface area contributed by atoms with Crippen LogP contribution in [0.15, 0.2) is 54.7 Å². The van der Waals surface area contributed by atoms with Gasteiger partial charge in [-0.25, -0.2) is 0 Å². The summed E-state index contributed by atoms with van der Waals surface area (Å²) in [7, 11) is 0. The Bertz CT molecular complexity index is 1340. The van der Waals surface area contributed by atoms with E-state index in [-0.39, 0.29) is 17.6 Å². The predicted molar refractivity (Wildman–Crippen MR) is 156 cm³/mol. The molecule has 0 radical (unpaired) electrons. The van der Waals surface area contributed by atoms with Crippen LogP contribution in [0, 0.1) is 6.92 Å². The number of hydrogen-bond donors (Lipinski definition) is 0. The average molecular weight is 527 g/mol. The summed E-state index contributed by atoms with van der Waals surface area (Å²) in [5.41, 5.74) is 6.00. The molecule has 39 heavy (non-hydrogen) atoms. The van der Waals surface area contributed by atoms with Gasteiger partial charge >= 0.3 is 0 Å². The number of likely N-dealkylation sites (tertiary alicyclic amines) is 1. The number of pyridine rings is 1. The maximum atomic E-state index is 13.5. The van der Waals surface area contributed by atoms with Crippen molar-refractivity contribution in [3.8, 4) is 0 Å². The van der Waals surface area contributed by atoms with Crippen LogP contribution in [0.1, 0.15) is 66.7 Å². The molecule has 3 atom stereocenters. The van der Waals surface area contributed by atoms with E-state index in [1.165, 1.54) is 16.7 Å². The van der Waals surface area contributed by atoms with Crippen LogP contribution in [0.3, 0.4) is 0 Å². The monoisotopic (exact) mass is 526 g/mol. The molecule has 2 fully saturated rings. The van der Waals surface area contributed by atoms with Gasteiger partial charge < -0.3 is 9.64 Å². The predicted octanol–water partition coefficient (Wildman–Crippen LogP) is 5.25. The lowest BCUT2D eigenvalue weighted by Gasteiger charge is -2.53. The van der Waals surface area contributed by atoms with Gasteiger partial charge in [0.05, 0.1) is 17.7 Å². The summed E-state index contributed by atoms with van der Waals surface area (Å²) in [5, 5.41) is 0.942. The summed E-state index contributed by atoms with van der Waals surface area (Å²) >= 11 is 0. The smallest absolute Gasteiger partial charge is 0.254 e. The first-order valence-corrected chi connectivity index (χ1v) is 14.7. The second-order valence-corrected chi connectivity index (χ2v) is 12.0. The molecule has 0 spiro atoms. The Balaban J connectivity index is 1.12. The maximum absolute atomic E-state index is 13.5. The molecule has 206 valence electrons. The molecule has 0 N–H and O–H groups in total. The van der Waals surface area contributed by atoms with E-state index in [0.717, 1.165) is 75.1 Å². The van der Waals surface area contributed by atoms with E-state index in [9.17, 15) is 4.79 Å². The Labute approximate surface area is 232 Å². The van der Waals surface area contributed by atoms with Crippen molar-refractivity contribution in [3.63, 3.8) is 0 Å². The highest BCUT2D eigenvalue weighted by molar-refractivity contribution is 6.06. The lowest BCUT2D eigenvalue weighted by molar-refractivity contribution is -0.0630. The number of hydrogen-bond acceptors (Lipinski definition) is 5. The van der Waals surface area contributed by atoms with Gasteiger partial charge in [-0.05, 0) is 69.9 Å². The standard InChI is InChI=1S/C33H42N4O2/c1-5-39-30-21-25-20-23(2)11-12-26(25)31(30)37-19-18-36(22-24(37)3)33(4)13-16-35(17-14-33)32(38)28-8-6-10-29-27(28)9-7-15-34-29/h6-12,15,20,24,30-31H,5,13-14,16-19,21-22H2,1-4H3/t24-,30+,31?/m0/s1. The zero-order valence-electron chi connectivity index (χ0n) is 23.9. The highest BCUT2D eigenvalue weighted by atomic mass is 16.5. The molecule has 0 bridgehead atoms. The number of nitrogens with zero attached hydrogens (tertiary/aromatic N) is 4. The minimum atomic E-state index is 0.113. The molecule has 2 aliphatic heterocycles. The van der Waals surface area contributed by atoms with E-state index in [1.807, 2.05) is 35.2 Å². The topological polar surface area (TPSA) is 48.9 Å². The van der Waals surface area contributed by atoms with Crippen LogP contribution in [-0.4, -0.2) is 82.6 Å². The molecule has 1 aliphatic carbocycles. The SMILES string of the molecule is CCO[C@@H]1Cc2cc(C)ccc2C1N1CCN(C2(C)CCN(C(=O)c3cccc4ncccc34)CC2)C[C@@H]1C. The molecule has 3 aromatic rings. The minimum Gasteiger partial charge on any atom is -0.376 e. The fourth-order valence-electron chi connectivity index (χ4n) is 7.33. The third-order valence-corrected chi connectivity index (χ3v) is 9.57. The fraction of sp³-hybridized carbons (Fsp3) is 0.515. The zero-order chi connectivity index (χ0) is 27.1. The van der Waals surface area contributed by atoms with Crippen LogP contribution >= 0.6 is 0 Å². The van der Waals surface area contributed by atoms with Crippen molar-refractivity contribution in [2.75, 3.05) is 39.3 Å². The van der Waals surface area contributed by atoms with E-state index >= 15 is 0 Å². The molecule has 3 aliphatic rings. The number of fused-ring (bicyclic) bond motifs is 2. The molecule has 1 unspecified atom stereocenters. The largest absolute Gasteiger partial charge is 0.376 e. The number of amides is 1. The van der Waals surface area contributed by atoms with E-state index in [2.05, 4.69) is 60.7 Å². The van der Waals surface area contributed by atoms with Gasteiger partial charge in [-0.1, -0.05) is 35.9 Å². The number of benzene rings is 2. The van der Waals surface area contributed by atoms with Crippen molar-refractivity contribution in [1.29, 1.82) is 0 Å². The van der Waals surface area contributed by atoms with Crippen LogP contribution in [0.5, 0.6) is 0 Å². The summed E-state index contributed by atoms with van der Waals surface area (Å²) in [6.45, 7) is 14.6. The molecule has 1 aromatic heterocycles. The second kappa shape index (κ2) is 10.6. The lowest BCUT2D eigenvalue weighted by Crippen LogP contribution is -2.62. The number of piperidine rings is 1. The van der Waals surface area contributed by atoms with Crippen molar-refractivity contribution < 1.29 is 9.53 Å². The molecular weight excluding hydrogens is 484 g/mol. The first kappa shape index (κ1) is 26.4. The first-order valence-electron chi connectivity index (χ1n) is 14.7. The molecule has 2 saturated heterocycles. The van der Waals surface area contributed by atoms with Gasteiger partial charge in [0.15, 0.2) is 0 Å². The van der Waals surface area contributed by atoms with E-state index < -0.39 is 0 Å². The molecule has 0 saturated carbocycles. The summed E-state index contributed by atoms with van der Waals surface area (Å²) in [6.07, 6.45) is 5.03. The van der Waals surface area contributed by atoms with E-state index in [0.29, 0.717) is 12.1 Å². The highest BCUT2D eigenvalue weighted by Gasteiger charge is 2.44. The molecule has 6 nitrogen and oxygen atoms in total. The summed E-state index contributed by atoms with van der Waals surface area (Å²) in [6, 6.07) is 17.5. The molecule has 6 heteroatoms. The van der Waals surface area contributed by atoms with Gasteiger partial charge in [-0.2, -0.15) is 0 Å². The van der Waals surface area contributed by atoms with Gasteiger partial charge in [-0.15, -0.1) is 0 Å². The number of aromatic nitrogens is 1. The highest BCUT2D eigenvalue weighted by Crippen LogP contribution is 2.41. The number of carbonyl (C=O) groups is 1. The number of rotatable bonds is 5. The lowest BCUT2D eigenvalue weighted by atomic mass is 9.86. The number of carbonyl (C=O) groups excluding carboxylic acids is 1. The molecule has 3 heterocycles.